The molecule has 0 saturated heterocycles. The molecular weight excluding hydrogens is 430 g/mol. The molecule has 168 valence electrons. The zero-order valence-electron chi connectivity index (χ0n) is 18.9. The van der Waals surface area contributed by atoms with Crippen molar-refractivity contribution in [1.29, 1.82) is 0 Å². The highest BCUT2D eigenvalue weighted by Gasteiger charge is 2.23. The number of aromatic carboxylic acids is 1. The molecule has 2 aromatic carbocycles. The molecule has 1 aliphatic rings. The molecule has 0 bridgehead atoms. The maximum absolute atomic E-state index is 11.7. The van der Waals surface area contributed by atoms with Crippen LogP contribution >= 0.6 is 11.3 Å². The summed E-state index contributed by atoms with van der Waals surface area (Å²) in [5.41, 5.74) is 13.2. The van der Waals surface area contributed by atoms with Gasteiger partial charge < -0.3 is 10.8 Å². The van der Waals surface area contributed by atoms with Gasteiger partial charge in [0.05, 0.1) is 32.4 Å². The number of benzene rings is 2. The summed E-state index contributed by atoms with van der Waals surface area (Å²) >= 11 is 1.66. The fraction of sp³-hybridized carbons (Fsp3) is 0.296. The summed E-state index contributed by atoms with van der Waals surface area (Å²) < 4.78 is 0. The number of nitrogen functional groups attached to an aromatic ring is 1. The average molecular weight is 458 g/mol. The summed E-state index contributed by atoms with van der Waals surface area (Å²) in [5.74, 6) is -0.599. The molecule has 6 heteroatoms. The van der Waals surface area contributed by atoms with Gasteiger partial charge in [0.25, 0.3) is 0 Å². The van der Waals surface area contributed by atoms with Crippen LogP contribution in [0.4, 0.5) is 5.69 Å². The van der Waals surface area contributed by atoms with Gasteiger partial charge in [-0.25, -0.2) is 14.8 Å². The summed E-state index contributed by atoms with van der Waals surface area (Å²) in [6, 6.07) is 13.8. The van der Waals surface area contributed by atoms with Gasteiger partial charge in [-0.05, 0) is 74.1 Å². The third kappa shape index (κ3) is 4.11. The zero-order chi connectivity index (χ0) is 23.1. The highest BCUT2D eigenvalue weighted by atomic mass is 32.1. The number of pyridine rings is 1. The minimum atomic E-state index is -0.936. The lowest BCUT2D eigenvalue weighted by Gasteiger charge is -2.26. The molecule has 0 atom stereocenters. The normalized spacial score (nSPS) is 14.6. The fourth-order valence-electron chi connectivity index (χ4n) is 5.06. The lowest BCUT2D eigenvalue weighted by atomic mass is 9.79. The van der Waals surface area contributed by atoms with Gasteiger partial charge in [-0.1, -0.05) is 31.4 Å². The molecule has 33 heavy (non-hydrogen) atoms. The largest absolute Gasteiger partial charge is 0.478 e. The third-order valence-corrected chi connectivity index (χ3v) is 7.70. The Labute approximate surface area is 197 Å². The van der Waals surface area contributed by atoms with Crippen LogP contribution in [0.3, 0.4) is 0 Å². The van der Waals surface area contributed by atoms with Crippen molar-refractivity contribution in [1.82, 2.24) is 9.97 Å². The van der Waals surface area contributed by atoms with E-state index in [1.54, 1.807) is 17.4 Å². The second-order valence-electron chi connectivity index (χ2n) is 8.92. The molecule has 4 aromatic rings. The molecule has 5 nitrogen and oxygen atoms in total. The van der Waals surface area contributed by atoms with Gasteiger partial charge >= 0.3 is 5.97 Å². The first kappa shape index (κ1) is 21.6. The van der Waals surface area contributed by atoms with Gasteiger partial charge in [-0.15, -0.1) is 11.3 Å². The van der Waals surface area contributed by atoms with Crippen LogP contribution in [-0.2, 0) is 0 Å². The van der Waals surface area contributed by atoms with Crippen molar-refractivity contribution in [2.24, 2.45) is 0 Å². The highest BCUT2D eigenvalue weighted by molar-refractivity contribution is 7.15. The Hall–Kier alpha value is -3.25. The first-order valence-electron chi connectivity index (χ1n) is 11.4. The van der Waals surface area contributed by atoms with Gasteiger partial charge in [0.15, 0.2) is 0 Å². The lowest BCUT2D eigenvalue weighted by molar-refractivity contribution is 0.0696. The fourth-order valence-corrected chi connectivity index (χ4v) is 5.95. The second-order valence-corrected chi connectivity index (χ2v) is 10.1. The predicted octanol–water partition coefficient (Wildman–Crippen LogP) is 6.97. The predicted molar refractivity (Wildman–Crippen MR) is 135 cm³/mol. The molecule has 0 spiro atoms. The number of hydrogen-bond acceptors (Lipinski definition) is 5. The number of nitrogens with zero attached hydrogens (tertiary/aromatic N) is 2. The molecule has 2 heterocycles. The van der Waals surface area contributed by atoms with Crippen LogP contribution in [0.25, 0.3) is 32.6 Å². The summed E-state index contributed by atoms with van der Waals surface area (Å²) in [5, 5.41) is 11.7. The van der Waals surface area contributed by atoms with Gasteiger partial charge in [-0.3, -0.25) is 0 Å². The Morgan fingerprint density at radius 1 is 1.03 bits per heavy atom. The molecule has 3 N–H and O–H groups in total. The van der Waals surface area contributed by atoms with E-state index < -0.39 is 5.97 Å². The second kappa shape index (κ2) is 8.60. The smallest absolute Gasteiger partial charge is 0.335 e. The van der Waals surface area contributed by atoms with E-state index in [9.17, 15) is 9.90 Å². The van der Waals surface area contributed by atoms with Gasteiger partial charge in [0, 0.05) is 16.6 Å². The number of carboxylic acid groups (broad SMARTS) is 1. The molecule has 5 rings (SSSR count). The van der Waals surface area contributed by atoms with Gasteiger partial charge in [0.2, 0.25) is 0 Å². The molecule has 1 fully saturated rings. The van der Waals surface area contributed by atoms with E-state index in [1.165, 1.54) is 19.3 Å². The molecule has 1 saturated carbocycles. The topological polar surface area (TPSA) is 89.1 Å². The summed E-state index contributed by atoms with van der Waals surface area (Å²) in [6.45, 7) is 4.03. The van der Waals surface area contributed by atoms with Crippen LogP contribution in [0.2, 0.25) is 0 Å². The first-order chi connectivity index (χ1) is 15.9. The molecule has 0 amide bonds. The molecule has 0 radical (unpaired) electrons. The van der Waals surface area contributed by atoms with Crippen molar-refractivity contribution < 1.29 is 9.90 Å². The number of thiazole rings is 1. The van der Waals surface area contributed by atoms with E-state index in [0.29, 0.717) is 11.6 Å². The lowest BCUT2D eigenvalue weighted by Crippen LogP contribution is -2.10. The highest BCUT2D eigenvalue weighted by Crippen LogP contribution is 2.42. The molecule has 0 aliphatic heterocycles. The van der Waals surface area contributed by atoms with Crippen molar-refractivity contribution in [3.63, 3.8) is 0 Å². The Bertz CT molecular complexity index is 1370. The van der Waals surface area contributed by atoms with Crippen molar-refractivity contribution in [2.45, 2.75) is 51.9 Å². The quantitative estimate of drug-likeness (QED) is 0.323. The van der Waals surface area contributed by atoms with Crippen molar-refractivity contribution in [2.75, 3.05) is 5.73 Å². The summed E-state index contributed by atoms with van der Waals surface area (Å²) in [7, 11) is 0. The zero-order valence-corrected chi connectivity index (χ0v) is 19.7. The Morgan fingerprint density at radius 2 is 1.82 bits per heavy atom. The molecule has 2 aromatic heterocycles. The van der Waals surface area contributed by atoms with Gasteiger partial charge in [0.1, 0.15) is 0 Å². The number of nitrogens with two attached hydrogens (primary N) is 1. The monoisotopic (exact) mass is 457 g/mol. The van der Waals surface area contributed by atoms with E-state index in [-0.39, 0.29) is 5.56 Å². The Morgan fingerprint density at radius 3 is 2.52 bits per heavy atom. The van der Waals surface area contributed by atoms with E-state index in [2.05, 4.69) is 23.2 Å². The number of fused-ring (bicyclic) bond motifs is 1. The van der Waals surface area contributed by atoms with Crippen LogP contribution in [0, 0.1) is 13.8 Å². The van der Waals surface area contributed by atoms with E-state index in [1.807, 2.05) is 32.0 Å². The Balaban J connectivity index is 1.61. The number of carbonyl (C=O) groups is 1. The first-order valence-corrected chi connectivity index (χ1v) is 12.2. The molecular formula is C27H27N3O2S. The number of rotatable bonds is 4. The maximum atomic E-state index is 11.7. The van der Waals surface area contributed by atoms with Crippen molar-refractivity contribution in [3.05, 3.63) is 64.3 Å². The van der Waals surface area contributed by atoms with E-state index in [4.69, 9.17) is 10.7 Å². The van der Waals surface area contributed by atoms with E-state index >= 15 is 0 Å². The van der Waals surface area contributed by atoms with Crippen LogP contribution in [-0.4, -0.2) is 21.0 Å². The van der Waals surface area contributed by atoms with Crippen LogP contribution < -0.4 is 5.73 Å². The number of anilines is 1. The van der Waals surface area contributed by atoms with Crippen LogP contribution in [0.1, 0.15) is 64.6 Å². The number of hydrogen-bond donors (Lipinski definition) is 2. The van der Waals surface area contributed by atoms with Crippen molar-refractivity contribution >= 4 is 33.9 Å². The van der Waals surface area contributed by atoms with Crippen molar-refractivity contribution in [3.8, 4) is 21.7 Å². The standard InChI is InChI=1S/C27H27N3O2S/c1-15-26(33-16(2)29-15)24-11-8-18-12-19(9-10-23(18)30-24)25-21(17-6-4-3-5-7-17)13-20(27(31)32)14-22(25)28/h8-14,17H,3-7,28H2,1-2H3,(H,31,32). The molecule has 1 aliphatic carbocycles. The molecule has 0 unspecified atom stereocenters. The summed E-state index contributed by atoms with van der Waals surface area (Å²) in [4.78, 5) is 22.2. The number of aryl methyl sites for hydroxylation is 2. The average Bonchev–Trinajstić information content (AvgIpc) is 3.16. The van der Waals surface area contributed by atoms with E-state index in [0.717, 1.165) is 61.7 Å². The van der Waals surface area contributed by atoms with Gasteiger partial charge in [-0.2, -0.15) is 0 Å². The Kier molecular flexibility index (Phi) is 5.62. The number of aromatic nitrogens is 2. The number of carboxylic acids is 1. The van der Waals surface area contributed by atoms with Crippen LogP contribution in [0.15, 0.2) is 42.5 Å². The minimum absolute atomic E-state index is 0.263. The SMILES string of the molecule is Cc1nc(C)c(-c2ccc3cc(-c4c(N)cc(C(=O)O)cc4C4CCCCC4)ccc3n2)s1. The third-order valence-electron chi connectivity index (χ3n) is 6.61. The van der Waals surface area contributed by atoms with Crippen LogP contribution in [0.5, 0.6) is 0 Å². The minimum Gasteiger partial charge on any atom is -0.478 e. The summed E-state index contributed by atoms with van der Waals surface area (Å²) in [6.07, 6.45) is 5.72. The maximum Gasteiger partial charge on any atom is 0.335 e.